The minimum Gasteiger partial charge on any atom is -0.452 e. The number of furan rings is 1. The Balaban J connectivity index is 2.30. The van der Waals surface area contributed by atoms with Gasteiger partial charge in [0.05, 0.1) is 11.6 Å². The first-order valence-corrected chi connectivity index (χ1v) is 5.04. The molecule has 1 saturated carbocycles. The van der Waals surface area contributed by atoms with Crippen LogP contribution in [-0.2, 0) is 5.54 Å². The molecular formula is C9H12BrNO2. The Morgan fingerprint density at radius 3 is 2.69 bits per heavy atom. The van der Waals surface area contributed by atoms with Gasteiger partial charge in [-0.3, -0.25) is 0 Å². The predicted molar refractivity (Wildman–Crippen MR) is 52.3 cm³/mol. The van der Waals surface area contributed by atoms with Crippen LogP contribution in [0.2, 0.25) is 0 Å². The maximum absolute atomic E-state index is 9.21. The Morgan fingerprint density at radius 1 is 1.69 bits per heavy atom. The molecule has 0 aliphatic heterocycles. The monoisotopic (exact) mass is 245 g/mol. The van der Waals surface area contributed by atoms with Crippen LogP contribution >= 0.6 is 15.9 Å². The molecule has 3 N–H and O–H groups in total. The van der Waals surface area contributed by atoms with Crippen LogP contribution in [0.5, 0.6) is 0 Å². The van der Waals surface area contributed by atoms with Crippen molar-refractivity contribution in [1.82, 2.24) is 0 Å². The highest BCUT2D eigenvalue weighted by atomic mass is 79.9. The van der Waals surface area contributed by atoms with Crippen molar-refractivity contribution in [2.24, 2.45) is 5.73 Å². The molecule has 2 rings (SSSR count). The largest absolute Gasteiger partial charge is 0.452 e. The summed E-state index contributed by atoms with van der Waals surface area (Å²) in [6.07, 6.45) is 0.912. The lowest BCUT2D eigenvalue weighted by Gasteiger charge is -2.40. The summed E-state index contributed by atoms with van der Waals surface area (Å²) in [5.74, 6) is 0.796. The molecule has 1 aromatic heterocycles. The molecule has 0 amide bonds. The minimum atomic E-state index is -0.449. The van der Waals surface area contributed by atoms with E-state index in [2.05, 4.69) is 15.9 Å². The van der Waals surface area contributed by atoms with E-state index in [1.807, 2.05) is 13.0 Å². The molecule has 0 unspecified atom stereocenters. The van der Waals surface area contributed by atoms with Crippen molar-refractivity contribution in [1.29, 1.82) is 0 Å². The van der Waals surface area contributed by atoms with Gasteiger partial charge in [0.15, 0.2) is 4.67 Å². The first-order chi connectivity index (χ1) is 6.01. The molecule has 4 heteroatoms. The molecule has 1 aromatic rings. The second kappa shape index (κ2) is 2.83. The average molecular weight is 246 g/mol. The van der Waals surface area contributed by atoms with Gasteiger partial charge in [0.1, 0.15) is 5.76 Å². The van der Waals surface area contributed by atoms with E-state index in [-0.39, 0.29) is 6.10 Å². The summed E-state index contributed by atoms with van der Waals surface area (Å²) in [5.41, 5.74) is 6.65. The molecule has 72 valence electrons. The lowest BCUT2D eigenvalue weighted by Crippen LogP contribution is -2.51. The highest BCUT2D eigenvalue weighted by Gasteiger charge is 2.44. The van der Waals surface area contributed by atoms with Crippen molar-refractivity contribution in [2.45, 2.75) is 31.4 Å². The molecular weight excluding hydrogens is 234 g/mol. The molecule has 1 heterocycles. The number of rotatable bonds is 1. The molecule has 1 aliphatic carbocycles. The van der Waals surface area contributed by atoms with E-state index in [1.54, 1.807) is 0 Å². The number of nitrogens with two attached hydrogens (primary N) is 1. The first-order valence-electron chi connectivity index (χ1n) is 4.25. The van der Waals surface area contributed by atoms with Gasteiger partial charge in [0, 0.05) is 0 Å². The van der Waals surface area contributed by atoms with Crippen LogP contribution in [0.25, 0.3) is 0 Å². The zero-order valence-electron chi connectivity index (χ0n) is 7.38. The van der Waals surface area contributed by atoms with Gasteiger partial charge in [-0.2, -0.15) is 0 Å². The topological polar surface area (TPSA) is 59.4 Å². The standard InChI is InChI=1S/C9H12BrNO2/c1-5-2-7(10)13-8(5)9(11)3-6(12)4-9/h2,6,12H,3-4,11H2,1H3. The first kappa shape index (κ1) is 9.24. The van der Waals surface area contributed by atoms with Crippen LogP contribution in [0.1, 0.15) is 24.2 Å². The Bertz CT molecular complexity index is 328. The summed E-state index contributed by atoms with van der Waals surface area (Å²) in [7, 11) is 0. The smallest absolute Gasteiger partial charge is 0.169 e. The predicted octanol–water partition coefficient (Wildman–Crippen LogP) is 1.66. The minimum absolute atomic E-state index is 0.270. The number of halogens is 1. The molecule has 0 saturated heterocycles. The van der Waals surface area contributed by atoms with Crippen molar-refractivity contribution in [3.8, 4) is 0 Å². The van der Waals surface area contributed by atoms with E-state index < -0.39 is 5.54 Å². The highest BCUT2D eigenvalue weighted by Crippen LogP contribution is 2.42. The normalized spacial score (nSPS) is 33.1. The number of hydrogen-bond donors (Lipinski definition) is 2. The van der Waals surface area contributed by atoms with Crippen molar-refractivity contribution in [2.75, 3.05) is 0 Å². The number of hydrogen-bond acceptors (Lipinski definition) is 3. The second-order valence-corrected chi connectivity index (χ2v) is 4.56. The molecule has 1 fully saturated rings. The van der Waals surface area contributed by atoms with E-state index in [9.17, 15) is 5.11 Å². The summed E-state index contributed by atoms with van der Waals surface area (Å²) < 4.78 is 6.15. The summed E-state index contributed by atoms with van der Waals surface area (Å²) in [6.45, 7) is 1.96. The third-order valence-corrected chi connectivity index (χ3v) is 2.93. The fourth-order valence-corrected chi connectivity index (χ4v) is 2.41. The molecule has 3 nitrogen and oxygen atoms in total. The maximum atomic E-state index is 9.21. The van der Waals surface area contributed by atoms with Crippen molar-refractivity contribution < 1.29 is 9.52 Å². The van der Waals surface area contributed by atoms with Crippen LogP contribution < -0.4 is 5.73 Å². The lowest BCUT2D eigenvalue weighted by atomic mass is 9.72. The van der Waals surface area contributed by atoms with Gasteiger partial charge in [0.2, 0.25) is 0 Å². The van der Waals surface area contributed by atoms with E-state index in [1.165, 1.54) is 0 Å². The molecule has 0 atom stereocenters. The fourth-order valence-electron chi connectivity index (χ4n) is 1.90. The molecule has 1 aliphatic rings. The zero-order valence-corrected chi connectivity index (χ0v) is 8.97. The maximum Gasteiger partial charge on any atom is 0.169 e. The van der Waals surface area contributed by atoms with Crippen LogP contribution in [-0.4, -0.2) is 11.2 Å². The van der Waals surface area contributed by atoms with Gasteiger partial charge in [-0.25, -0.2) is 0 Å². The quantitative estimate of drug-likeness (QED) is 0.792. The zero-order chi connectivity index (χ0) is 9.64. The fraction of sp³-hybridized carbons (Fsp3) is 0.556. The lowest BCUT2D eigenvalue weighted by molar-refractivity contribution is 0.00934. The Hall–Kier alpha value is -0.320. The number of aryl methyl sites for hydroxylation is 1. The van der Waals surface area contributed by atoms with E-state index in [0.29, 0.717) is 17.5 Å². The average Bonchev–Trinajstić information content (AvgIpc) is 2.27. The third-order valence-electron chi connectivity index (χ3n) is 2.54. The Kier molecular flexibility index (Phi) is 2.02. The molecule has 0 radical (unpaired) electrons. The van der Waals surface area contributed by atoms with E-state index >= 15 is 0 Å². The van der Waals surface area contributed by atoms with Gasteiger partial charge in [-0.05, 0) is 47.3 Å². The summed E-state index contributed by atoms with van der Waals surface area (Å²) >= 11 is 3.26. The van der Waals surface area contributed by atoms with Gasteiger partial charge in [-0.15, -0.1) is 0 Å². The SMILES string of the molecule is Cc1cc(Br)oc1C1(N)CC(O)C1. The van der Waals surface area contributed by atoms with Gasteiger partial charge in [0.25, 0.3) is 0 Å². The van der Waals surface area contributed by atoms with Crippen molar-refractivity contribution >= 4 is 15.9 Å². The highest BCUT2D eigenvalue weighted by molar-refractivity contribution is 9.10. The van der Waals surface area contributed by atoms with Crippen LogP contribution in [0, 0.1) is 6.92 Å². The molecule has 0 bridgehead atoms. The molecule has 0 spiro atoms. The summed E-state index contributed by atoms with van der Waals surface area (Å²) in [4.78, 5) is 0. The van der Waals surface area contributed by atoms with E-state index in [0.717, 1.165) is 11.3 Å². The number of aliphatic hydroxyl groups excluding tert-OH is 1. The van der Waals surface area contributed by atoms with Crippen molar-refractivity contribution in [3.05, 3.63) is 22.1 Å². The van der Waals surface area contributed by atoms with E-state index in [4.69, 9.17) is 10.2 Å². The van der Waals surface area contributed by atoms with Crippen molar-refractivity contribution in [3.63, 3.8) is 0 Å². The van der Waals surface area contributed by atoms with Gasteiger partial charge < -0.3 is 15.3 Å². The second-order valence-electron chi connectivity index (χ2n) is 3.78. The summed E-state index contributed by atoms with van der Waals surface area (Å²) in [6, 6.07) is 1.90. The van der Waals surface area contributed by atoms with Gasteiger partial charge >= 0.3 is 0 Å². The molecule has 0 aromatic carbocycles. The van der Waals surface area contributed by atoms with Crippen LogP contribution in [0.4, 0.5) is 0 Å². The third kappa shape index (κ3) is 1.43. The van der Waals surface area contributed by atoms with Crippen LogP contribution in [0.3, 0.4) is 0 Å². The Morgan fingerprint density at radius 2 is 2.31 bits per heavy atom. The van der Waals surface area contributed by atoms with Crippen LogP contribution in [0.15, 0.2) is 15.2 Å². The summed E-state index contributed by atoms with van der Waals surface area (Å²) in [5, 5.41) is 9.21. The number of aliphatic hydroxyl groups is 1. The van der Waals surface area contributed by atoms with Gasteiger partial charge in [-0.1, -0.05) is 0 Å². The Labute approximate surface area is 85.0 Å². The molecule has 13 heavy (non-hydrogen) atoms.